The van der Waals surface area contributed by atoms with Crippen LogP contribution >= 0.6 is 27.5 Å². The van der Waals surface area contributed by atoms with E-state index in [2.05, 4.69) is 41.2 Å². The van der Waals surface area contributed by atoms with E-state index in [4.69, 9.17) is 11.6 Å². The van der Waals surface area contributed by atoms with Crippen molar-refractivity contribution in [1.82, 2.24) is 5.32 Å². The van der Waals surface area contributed by atoms with Crippen LogP contribution < -0.4 is 5.32 Å². The Kier molecular flexibility index (Phi) is 5.37. The zero-order valence-electron chi connectivity index (χ0n) is 8.98. The number of hydrogen-bond acceptors (Lipinski definition) is 1. The lowest BCUT2D eigenvalue weighted by atomic mass is 10.1. The summed E-state index contributed by atoms with van der Waals surface area (Å²) in [4.78, 5) is 0. The van der Waals surface area contributed by atoms with Gasteiger partial charge in [0.2, 0.25) is 0 Å². The highest BCUT2D eigenvalue weighted by molar-refractivity contribution is 9.10. The lowest BCUT2D eigenvalue weighted by molar-refractivity contribution is 0.778. The van der Waals surface area contributed by atoms with Crippen molar-refractivity contribution in [3.63, 3.8) is 0 Å². The van der Waals surface area contributed by atoms with Crippen molar-refractivity contribution in [2.75, 3.05) is 13.1 Å². The van der Waals surface area contributed by atoms with Crippen molar-refractivity contribution in [3.05, 3.63) is 38.8 Å². The van der Waals surface area contributed by atoms with Crippen molar-refractivity contribution in [2.45, 2.75) is 13.8 Å². The van der Waals surface area contributed by atoms with Crippen LogP contribution in [0.2, 0.25) is 5.02 Å². The fraction of sp³-hybridized carbons (Fsp3) is 0.333. The van der Waals surface area contributed by atoms with Gasteiger partial charge >= 0.3 is 0 Å². The second-order valence-electron chi connectivity index (χ2n) is 3.44. The van der Waals surface area contributed by atoms with Crippen LogP contribution in [0.5, 0.6) is 0 Å². The van der Waals surface area contributed by atoms with E-state index in [1.807, 2.05) is 18.2 Å². The third-order valence-corrected chi connectivity index (χ3v) is 2.94. The molecule has 0 radical (unpaired) electrons. The van der Waals surface area contributed by atoms with Gasteiger partial charge in [-0.1, -0.05) is 52.2 Å². The van der Waals surface area contributed by atoms with Crippen molar-refractivity contribution in [3.8, 4) is 0 Å². The summed E-state index contributed by atoms with van der Waals surface area (Å²) in [6.45, 7) is 6.13. The van der Waals surface area contributed by atoms with E-state index in [-0.39, 0.29) is 0 Å². The maximum absolute atomic E-state index is 5.87. The summed E-state index contributed by atoms with van der Waals surface area (Å²) >= 11 is 9.37. The summed E-state index contributed by atoms with van der Waals surface area (Å²) in [6.07, 6.45) is 2.16. The quantitative estimate of drug-likeness (QED) is 0.879. The second kappa shape index (κ2) is 6.31. The van der Waals surface area contributed by atoms with Crippen LogP contribution in [0.3, 0.4) is 0 Å². The summed E-state index contributed by atoms with van der Waals surface area (Å²) in [5, 5.41) is 4.04. The molecule has 0 amide bonds. The Morgan fingerprint density at radius 2 is 2.27 bits per heavy atom. The molecule has 0 atom stereocenters. The summed E-state index contributed by atoms with van der Waals surface area (Å²) in [7, 11) is 0. The maximum atomic E-state index is 5.87. The molecule has 0 aromatic heterocycles. The Bertz CT molecular complexity index is 361. The molecule has 0 aliphatic heterocycles. The predicted octanol–water partition coefficient (Wildman–Crippen LogP) is 4.12. The van der Waals surface area contributed by atoms with Gasteiger partial charge in [-0.2, -0.15) is 0 Å². The minimum Gasteiger partial charge on any atom is -0.313 e. The Morgan fingerprint density at radius 1 is 1.53 bits per heavy atom. The number of halogens is 2. The number of hydrogen-bond donors (Lipinski definition) is 1. The Hall–Kier alpha value is -0.310. The van der Waals surface area contributed by atoms with Gasteiger partial charge in [-0.15, -0.1) is 0 Å². The van der Waals surface area contributed by atoms with Crippen molar-refractivity contribution in [2.24, 2.45) is 0 Å². The van der Waals surface area contributed by atoms with Gasteiger partial charge < -0.3 is 5.32 Å². The maximum Gasteiger partial charge on any atom is 0.0417 e. The van der Waals surface area contributed by atoms with E-state index < -0.39 is 0 Å². The molecule has 1 aromatic carbocycles. The first kappa shape index (κ1) is 12.8. The number of likely N-dealkylation sites (N-methyl/N-ethyl adjacent to an activating group) is 1. The second-order valence-corrected chi connectivity index (χ2v) is 4.73. The fourth-order valence-corrected chi connectivity index (χ4v) is 2.05. The van der Waals surface area contributed by atoms with Crippen molar-refractivity contribution in [1.29, 1.82) is 0 Å². The van der Waals surface area contributed by atoms with Crippen LogP contribution in [-0.2, 0) is 0 Å². The molecular weight excluding hydrogens is 273 g/mol. The summed E-state index contributed by atoms with van der Waals surface area (Å²) in [5.74, 6) is 0. The molecule has 0 fully saturated rings. The smallest absolute Gasteiger partial charge is 0.0417 e. The Labute approximate surface area is 105 Å². The van der Waals surface area contributed by atoms with Gasteiger partial charge in [0.05, 0.1) is 0 Å². The molecule has 0 aliphatic carbocycles. The molecule has 0 bridgehead atoms. The molecule has 0 heterocycles. The SMILES string of the molecule is CCNC/C(C)=C/c1ccc(Cl)cc1Br. The van der Waals surface area contributed by atoms with Crippen LogP contribution in [-0.4, -0.2) is 13.1 Å². The molecule has 0 saturated heterocycles. The van der Waals surface area contributed by atoms with E-state index >= 15 is 0 Å². The molecule has 1 aromatic rings. The van der Waals surface area contributed by atoms with Crippen LogP contribution in [0.25, 0.3) is 6.08 Å². The van der Waals surface area contributed by atoms with Crippen molar-refractivity contribution >= 4 is 33.6 Å². The average molecular weight is 289 g/mol. The summed E-state index contributed by atoms with van der Waals surface area (Å²) in [6, 6.07) is 5.83. The zero-order valence-corrected chi connectivity index (χ0v) is 11.3. The van der Waals surface area contributed by atoms with Gasteiger partial charge in [-0.05, 0) is 31.2 Å². The van der Waals surface area contributed by atoms with E-state index in [9.17, 15) is 0 Å². The van der Waals surface area contributed by atoms with E-state index in [1.165, 1.54) is 5.57 Å². The highest BCUT2D eigenvalue weighted by Gasteiger charge is 1.98. The first-order chi connectivity index (χ1) is 7.13. The average Bonchev–Trinajstić information content (AvgIpc) is 2.19. The van der Waals surface area contributed by atoms with Crippen LogP contribution in [0.4, 0.5) is 0 Å². The lowest BCUT2D eigenvalue weighted by Crippen LogP contribution is -2.14. The molecule has 3 heteroatoms. The van der Waals surface area contributed by atoms with E-state index in [0.29, 0.717) is 0 Å². The Morgan fingerprint density at radius 3 is 2.87 bits per heavy atom. The molecule has 0 unspecified atom stereocenters. The summed E-state index contributed by atoms with van der Waals surface area (Å²) in [5.41, 5.74) is 2.47. The van der Waals surface area contributed by atoms with Crippen LogP contribution in [0.15, 0.2) is 28.2 Å². The highest BCUT2D eigenvalue weighted by atomic mass is 79.9. The minimum absolute atomic E-state index is 0.753. The van der Waals surface area contributed by atoms with Gasteiger partial charge in [-0.25, -0.2) is 0 Å². The largest absolute Gasteiger partial charge is 0.313 e. The van der Waals surface area contributed by atoms with Crippen molar-refractivity contribution < 1.29 is 0 Å². The summed E-state index contributed by atoms with van der Waals surface area (Å²) < 4.78 is 1.03. The first-order valence-electron chi connectivity index (χ1n) is 4.96. The molecule has 1 N–H and O–H groups in total. The zero-order chi connectivity index (χ0) is 11.3. The van der Waals surface area contributed by atoms with Gasteiger partial charge in [0.1, 0.15) is 0 Å². The van der Waals surface area contributed by atoms with Crippen LogP contribution in [0.1, 0.15) is 19.4 Å². The first-order valence-corrected chi connectivity index (χ1v) is 6.13. The van der Waals surface area contributed by atoms with Crippen LogP contribution in [0, 0.1) is 0 Å². The third kappa shape index (κ3) is 4.37. The monoisotopic (exact) mass is 287 g/mol. The third-order valence-electron chi connectivity index (χ3n) is 2.02. The number of rotatable bonds is 4. The van der Waals surface area contributed by atoms with Gasteiger partial charge in [0, 0.05) is 16.0 Å². The molecule has 0 aliphatic rings. The molecule has 82 valence electrons. The van der Waals surface area contributed by atoms with E-state index in [0.717, 1.165) is 28.1 Å². The highest BCUT2D eigenvalue weighted by Crippen LogP contribution is 2.23. The molecule has 15 heavy (non-hydrogen) atoms. The van der Waals surface area contributed by atoms with Gasteiger partial charge in [-0.3, -0.25) is 0 Å². The topological polar surface area (TPSA) is 12.0 Å². The number of nitrogens with one attached hydrogen (secondary N) is 1. The molecular formula is C12H15BrClN. The standard InChI is InChI=1S/C12H15BrClN/c1-3-15-8-9(2)6-10-4-5-11(14)7-12(10)13/h4-7,15H,3,8H2,1-2H3/b9-6+. The molecule has 0 spiro atoms. The van der Waals surface area contributed by atoms with Gasteiger partial charge in [0.25, 0.3) is 0 Å². The molecule has 0 saturated carbocycles. The van der Waals surface area contributed by atoms with E-state index in [1.54, 1.807) is 0 Å². The lowest BCUT2D eigenvalue weighted by Gasteiger charge is -2.04. The van der Waals surface area contributed by atoms with Gasteiger partial charge in [0.15, 0.2) is 0 Å². The molecule has 1 nitrogen and oxygen atoms in total. The Balaban J connectivity index is 2.78. The minimum atomic E-state index is 0.753. The fourth-order valence-electron chi connectivity index (χ4n) is 1.26. The number of benzene rings is 1. The predicted molar refractivity (Wildman–Crippen MR) is 71.3 cm³/mol. The normalized spacial score (nSPS) is 11.9. The molecule has 1 rings (SSSR count).